The molecule has 4 heterocycles. The summed E-state index contributed by atoms with van der Waals surface area (Å²) in [7, 11) is 0. The third kappa shape index (κ3) is 2.23. The molecule has 0 aliphatic rings. The normalized spacial score (nSPS) is 12.0. The Morgan fingerprint density at radius 2 is 1.57 bits per heavy atom. The molecule has 0 bridgehead atoms. The third-order valence-corrected chi connectivity index (χ3v) is 5.56. The van der Waals surface area contributed by atoms with E-state index in [4.69, 9.17) is 4.98 Å². The van der Waals surface area contributed by atoms with Crippen LogP contribution < -0.4 is 0 Å². The van der Waals surface area contributed by atoms with E-state index in [2.05, 4.69) is 19.9 Å². The number of hydrogen-bond donors (Lipinski definition) is 2. The van der Waals surface area contributed by atoms with Crippen LogP contribution in [0.3, 0.4) is 0 Å². The number of fused-ring (bicyclic) bond motifs is 7. The topological polar surface area (TPSA) is 70.2 Å². The minimum Gasteiger partial charge on any atom is -0.355 e. The number of aromatic amines is 2. The Balaban J connectivity index is 1.78. The molecule has 0 spiro atoms. The number of nitrogens with zero attached hydrogens (tertiary/aromatic N) is 3. The lowest BCUT2D eigenvalue weighted by atomic mass is 10.1. The number of halogens is 2. The summed E-state index contributed by atoms with van der Waals surface area (Å²) in [5.74, 6) is -0.686. The van der Waals surface area contributed by atoms with Crippen molar-refractivity contribution in [3.63, 3.8) is 0 Å². The maximum Gasteiger partial charge on any atom is 0.150 e. The zero-order valence-electron chi connectivity index (χ0n) is 15.9. The summed E-state index contributed by atoms with van der Waals surface area (Å²) < 4.78 is 28.4. The molecular formula is C23H15F2N5. The molecule has 0 radical (unpaired) electrons. The zero-order chi connectivity index (χ0) is 20.4. The van der Waals surface area contributed by atoms with Crippen LogP contribution in [0.5, 0.6) is 0 Å². The number of aromatic nitrogens is 5. The van der Waals surface area contributed by atoms with E-state index < -0.39 is 11.6 Å². The highest BCUT2D eigenvalue weighted by Crippen LogP contribution is 2.37. The van der Waals surface area contributed by atoms with Gasteiger partial charge in [0.05, 0.1) is 27.6 Å². The molecule has 0 fully saturated rings. The summed E-state index contributed by atoms with van der Waals surface area (Å²) in [6.45, 7) is 1.96. The highest BCUT2D eigenvalue weighted by molar-refractivity contribution is 6.21. The molecule has 2 aromatic carbocycles. The summed E-state index contributed by atoms with van der Waals surface area (Å²) >= 11 is 0. The summed E-state index contributed by atoms with van der Waals surface area (Å²) in [5, 5.41) is 2.23. The van der Waals surface area contributed by atoms with Gasteiger partial charge in [-0.2, -0.15) is 0 Å². The average Bonchev–Trinajstić information content (AvgIpc) is 3.35. The van der Waals surface area contributed by atoms with Crippen molar-refractivity contribution in [3.05, 3.63) is 66.1 Å². The molecule has 146 valence electrons. The maximum atomic E-state index is 14.4. The SMILES string of the molecule is CCc1[nH]c2c(F)cc(F)cc2c1-c1nc2c3cccnc3c3ncccc3c2[nH]1. The van der Waals surface area contributed by atoms with E-state index in [9.17, 15) is 8.78 Å². The number of benzene rings is 2. The van der Waals surface area contributed by atoms with Crippen molar-refractivity contribution in [2.24, 2.45) is 0 Å². The number of imidazole rings is 1. The number of rotatable bonds is 2. The Morgan fingerprint density at radius 3 is 2.33 bits per heavy atom. The zero-order valence-corrected chi connectivity index (χ0v) is 15.9. The fourth-order valence-corrected chi connectivity index (χ4v) is 4.27. The van der Waals surface area contributed by atoms with Crippen LogP contribution in [0.25, 0.3) is 55.1 Å². The lowest BCUT2D eigenvalue weighted by Crippen LogP contribution is -1.86. The van der Waals surface area contributed by atoms with Gasteiger partial charge >= 0.3 is 0 Å². The molecule has 0 aliphatic carbocycles. The van der Waals surface area contributed by atoms with E-state index in [1.165, 1.54) is 6.07 Å². The van der Waals surface area contributed by atoms with Crippen molar-refractivity contribution in [3.8, 4) is 11.4 Å². The van der Waals surface area contributed by atoms with Crippen LogP contribution in [-0.2, 0) is 6.42 Å². The van der Waals surface area contributed by atoms with Gasteiger partial charge in [-0.25, -0.2) is 13.8 Å². The fourth-order valence-electron chi connectivity index (χ4n) is 4.27. The Kier molecular flexibility index (Phi) is 3.44. The van der Waals surface area contributed by atoms with Gasteiger partial charge in [-0.05, 0) is 36.8 Å². The molecule has 2 N–H and O–H groups in total. The summed E-state index contributed by atoms with van der Waals surface area (Å²) in [5.41, 5.74) is 4.87. The first-order valence-electron chi connectivity index (χ1n) is 9.66. The van der Waals surface area contributed by atoms with E-state index in [-0.39, 0.29) is 5.52 Å². The maximum absolute atomic E-state index is 14.4. The van der Waals surface area contributed by atoms with Gasteiger partial charge < -0.3 is 9.97 Å². The molecule has 0 saturated heterocycles. The first kappa shape index (κ1) is 17.0. The van der Waals surface area contributed by atoms with Crippen LogP contribution in [0.1, 0.15) is 12.6 Å². The smallest absolute Gasteiger partial charge is 0.150 e. The number of pyridine rings is 2. The molecule has 0 unspecified atom stereocenters. The molecule has 30 heavy (non-hydrogen) atoms. The Bertz CT molecular complexity index is 1540. The second-order valence-electron chi connectivity index (χ2n) is 7.25. The van der Waals surface area contributed by atoms with E-state index in [0.717, 1.165) is 44.6 Å². The van der Waals surface area contributed by atoms with Crippen molar-refractivity contribution in [1.82, 2.24) is 24.9 Å². The van der Waals surface area contributed by atoms with Crippen molar-refractivity contribution in [2.45, 2.75) is 13.3 Å². The molecule has 4 aromatic heterocycles. The van der Waals surface area contributed by atoms with Crippen LogP contribution in [0, 0.1) is 11.6 Å². The monoisotopic (exact) mass is 399 g/mol. The van der Waals surface area contributed by atoms with Crippen molar-refractivity contribution >= 4 is 43.7 Å². The second kappa shape index (κ2) is 6.06. The lowest BCUT2D eigenvalue weighted by Gasteiger charge is -2.03. The molecule has 6 aromatic rings. The third-order valence-electron chi connectivity index (χ3n) is 5.56. The van der Waals surface area contributed by atoms with E-state index >= 15 is 0 Å². The summed E-state index contributed by atoms with van der Waals surface area (Å²) in [4.78, 5) is 20.4. The molecule has 6 rings (SSSR count). The summed E-state index contributed by atoms with van der Waals surface area (Å²) in [6, 6.07) is 9.88. The van der Waals surface area contributed by atoms with Gasteiger partial charge in [-0.15, -0.1) is 0 Å². The minimum atomic E-state index is -0.622. The molecule has 7 heteroatoms. The predicted octanol–water partition coefficient (Wildman–Crippen LogP) is 5.65. The van der Waals surface area contributed by atoms with Crippen LogP contribution in [0.2, 0.25) is 0 Å². The van der Waals surface area contributed by atoms with Gasteiger partial charge in [0.25, 0.3) is 0 Å². The molecular weight excluding hydrogens is 384 g/mol. The second-order valence-corrected chi connectivity index (χ2v) is 7.25. The highest BCUT2D eigenvalue weighted by atomic mass is 19.1. The molecule has 0 amide bonds. The number of aryl methyl sites for hydroxylation is 1. The summed E-state index contributed by atoms with van der Waals surface area (Å²) in [6.07, 6.45) is 4.09. The van der Waals surface area contributed by atoms with Gasteiger partial charge in [-0.3, -0.25) is 9.97 Å². The van der Waals surface area contributed by atoms with E-state index in [1.807, 2.05) is 31.2 Å². The number of hydrogen-bond acceptors (Lipinski definition) is 3. The van der Waals surface area contributed by atoms with Crippen molar-refractivity contribution in [2.75, 3.05) is 0 Å². The van der Waals surface area contributed by atoms with Crippen molar-refractivity contribution < 1.29 is 8.78 Å². The van der Waals surface area contributed by atoms with Crippen LogP contribution in [-0.4, -0.2) is 24.9 Å². The van der Waals surface area contributed by atoms with E-state index in [1.54, 1.807) is 12.4 Å². The van der Waals surface area contributed by atoms with Gasteiger partial charge in [0.15, 0.2) is 0 Å². The minimum absolute atomic E-state index is 0.279. The predicted molar refractivity (Wildman–Crippen MR) is 113 cm³/mol. The van der Waals surface area contributed by atoms with Gasteiger partial charge in [0, 0.05) is 45.9 Å². The van der Waals surface area contributed by atoms with Crippen LogP contribution in [0.4, 0.5) is 8.78 Å². The van der Waals surface area contributed by atoms with Crippen LogP contribution >= 0.6 is 0 Å². The first-order valence-corrected chi connectivity index (χ1v) is 9.66. The van der Waals surface area contributed by atoms with Crippen LogP contribution in [0.15, 0.2) is 48.8 Å². The van der Waals surface area contributed by atoms with Crippen molar-refractivity contribution in [1.29, 1.82) is 0 Å². The Morgan fingerprint density at radius 1 is 0.833 bits per heavy atom. The molecule has 5 nitrogen and oxygen atoms in total. The highest BCUT2D eigenvalue weighted by Gasteiger charge is 2.21. The fraction of sp³-hybridized carbons (Fsp3) is 0.0870. The van der Waals surface area contributed by atoms with E-state index in [0.29, 0.717) is 23.2 Å². The standard InChI is InChI=1S/C23H15F2N5/c1-2-16-17(14-9-11(24)10-15(25)18(14)28-16)23-29-21-12-5-3-7-26-19(12)20-13(22(21)30-23)6-4-8-27-20/h3-10,28H,2H2,1H3,(H,29,30). The van der Waals surface area contributed by atoms with Gasteiger partial charge in [-0.1, -0.05) is 6.92 Å². The Hall–Kier alpha value is -3.87. The van der Waals surface area contributed by atoms with Gasteiger partial charge in [0.1, 0.15) is 17.5 Å². The first-order chi connectivity index (χ1) is 14.7. The average molecular weight is 399 g/mol. The molecule has 0 saturated carbocycles. The van der Waals surface area contributed by atoms with Gasteiger partial charge in [0.2, 0.25) is 0 Å². The quantitative estimate of drug-likeness (QED) is 0.370. The Labute approximate surface area is 168 Å². The number of H-pyrrole nitrogens is 2. The molecule has 0 atom stereocenters. The molecule has 0 aliphatic heterocycles. The number of nitrogens with one attached hydrogen (secondary N) is 2. The largest absolute Gasteiger partial charge is 0.355 e. The lowest BCUT2D eigenvalue weighted by molar-refractivity contribution is 0.591.